The second kappa shape index (κ2) is 8.79. The fourth-order valence-electron chi connectivity index (χ4n) is 2.75. The molecule has 3 rings (SSSR count). The molecule has 0 aliphatic rings. The van der Waals surface area contributed by atoms with E-state index in [1.54, 1.807) is 55.5 Å². The number of methoxy groups -OCH3 is 1. The summed E-state index contributed by atoms with van der Waals surface area (Å²) in [4.78, 5) is 24.7. The van der Waals surface area contributed by atoms with E-state index in [-0.39, 0.29) is 21.7 Å². The van der Waals surface area contributed by atoms with Gasteiger partial charge >= 0.3 is 5.97 Å². The molecule has 0 aliphatic heterocycles. The molecule has 0 heterocycles. The topological polar surface area (TPSA) is 102 Å². The van der Waals surface area contributed by atoms with Gasteiger partial charge in [-0.25, -0.2) is 13.2 Å². The van der Waals surface area contributed by atoms with E-state index in [2.05, 4.69) is 10.0 Å². The van der Waals surface area contributed by atoms with Crippen molar-refractivity contribution in [2.45, 2.75) is 11.8 Å². The molecule has 3 aromatic carbocycles. The Morgan fingerprint density at radius 1 is 0.867 bits per heavy atom. The van der Waals surface area contributed by atoms with Crippen molar-refractivity contribution in [1.82, 2.24) is 0 Å². The molecule has 0 fully saturated rings. The number of aryl methyl sites for hydroxylation is 1. The standard InChI is InChI=1S/C22H20N2O5S/c1-15-12-13-16(14-20(15)24-30(27,28)17-8-4-3-5-9-17)21(25)23-19-11-7-6-10-18(19)22(26)29-2/h3-14,24H,1-2H3,(H,23,25). The van der Waals surface area contributed by atoms with E-state index < -0.39 is 21.9 Å². The zero-order chi connectivity index (χ0) is 21.7. The second-order valence-corrected chi connectivity index (χ2v) is 8.12. The third kappa shape index (κ3) is 4.66. The summed E-state index contributed by atoms with van der Waals surface area (Å²) in [5.41, 5.74) is 1.67. The highest BCUT2D eigenvalue weighted by Crippen LogP contribution is 2.23. The number of ether oxygens (including phenoxy) is 1. The average Bonchev–Trinajstić information content (AvgIpc) is 2.75. The first-order valence-electron chi connectivity index (χ1n) is 8.99. The molecule has 154 valence electrons. The highest BCUT2D eigenvalue weighted by Gasteiger charge is 2.18. The highest BCUT2D eigenvalue weighted by molar-refractivity contribution is 7.92. The summed E-state index contributed by atoms with van der Waals surface area (Å²) < 4.78 is 32.5. The number of rotatable bonds is 6. The van der Waals surface area contributed by atoms with Crippen LogP contribution in [0, 0.1) is 6.92 Å². The summed E-state index contributed by atoms with van der Waals surface area (Å²) in [5, 5.41) is 2.67. The predicted octanol–water partition coefficient (Wildman–Crippen LogP) is 3.83. The number of para-hydroxylation sites is 1. The normalized spacial score (nSPS) is 10.9. The van der Waals surface area contributed by atoms with Gasteiger partial charge in [0.1, 0.15) is 0 Å². The van der Waals surface area contributed by atoms with Crippen LogP contribution in [-0.4, -0.2) is 27.4 Å². The van der Waals surface area contributed by atoms with E-state index >= 15 is 0 Å². The Hall–Kier alpha value is -3.65. The number of anilines is 2. The maximum Gasteiger partial charge on any atom is 0.339 e. The van der Waals surface area contributed by atoms with Gasteiger partial charge in [0.25, 0.3) is 15.9 Å². The molecule has 0 unspecified atom stereocenters. The highest BCUT2D eigenvalue weighted by atomic mass is 32.2. The Bertz CT molecular complexity index is 1190. The number of nitrogens with one attached hydrogen (secondary N) is 2. The van der Waals surface area contributed by atoms with Gasteiger partial charge in [-0.15, -0.1) is 0 Å². The van der Waals surface area contributed by atoms with Crippen LogP contribution in [0.4, 0.5) is 11.4 Å². The van der Waals surface area contributed by atoms with Crippen LogP contribution in [0.2, 0.25) is 0 Å². The largest absolute Gasteiger partial charge is 0.465 e. The Kier molecular flexibility index (Phi) is 6.17. The second-order valence-electron chi connectivity index (χ2n) is 6.44. The number of hydrogen-bond acceptors (Lipinski definition) is 5. The van der Waals surface area contributed by atoms with Crippen molar-refractivity contribution < 1.29 is 22.7 Å². The Morgan fingerprint density at radius 2 is 1.53 bits per heavy atom. The number of sulfonamides is 1. The minimum Gasteiger partial charge on any atom is -0.465 e. The van der Waals surface area contributed by atoms with Crippen molar-refractivity contribution in [3.05, 3.63) is 89.5 Å². The first-order valence-corrected chi connectivity index (χ1v) is 10.5. The van der Waals surface area contributed by atoms with Crippen molar-refractivity contribution in [2.24, 2.45) is 0 Å². The smallest absolute Gasteiger partial charge is 0.339 e. The summed E-state index contributed by atoms with van der Waals surface area (Å²) in [5.74, 6) is -1.07. The number of carbonyl (C=O) groups excluding carboxylic acids is 2. The van der Waals surface area contributed by atoms with Crippen molar-refractivity contribution in [2.75, 3.05) is 17.1 Å². The van der Waals surface area contributed by atoms with Crippen molar-refractivity contribution in [3.63, 3.8) is 0 Å². The van der Waals surface area contributed by atoms with Crippen molar-refractivity contribution in [1.29, 1.82) is 0 Å². The van der Waals surface area contributed by atoms with Crippen LogP contribution in [0.1, 0.15) is 26.3 Å². The van der Waals surface area contributed by atoms with Gasteiger partial charge in [0.15, 0.2) is 0 Å². The average molecular weight is 424 g/mol. The third-order valence-electron chi connectivity index (χ3n) is 4.38. The van der Waals surface area contributed by atoms with Gasteiger partial charge in [-0.2, -0.15) is 0 Å². The van der Waals surface area contributed by atoms with E-state index in [0.29, 0.717) is 11.3 Å². The lowest BCUT2D eigenvalue weighted by Crippen LogP contribution is -2.17. The minimum atomic E-state index is -3.80. The maximum absolute atomic E-state index is 12.7. The van der Waals surface area contributed by atoms with Crippen molar-refractivity contribution in [3.8, 4) is 0 Å². The van der Waals surface area contributed by atoms with E-state index in [4.69, 9.17) is 4.74 Å². The van der Waals surface area contributed by atoms with Gasteiger partial charge in [0, 0.05) is 5.56 Å². The summed E-state index contributed by atoms with van der Waals surface area (Å²) >= 11 is 0. The molecule has 0 radical (unpaired) electrons. The van der Waals surface area contributed by atoms with Crippen LogP contribution < -0.4 is 10.0 Å². The fraction of sp³-hybridized carbons (Fsp3) is 0.0909. The predicted molar refractivity (Wildman–Crippen MR) is 114 cm³/mol. The van der Waals surface area contributed by atoms with Crippen LogP contribution in [0.15, 0.2) is 77.7 Å². The van der Waals surface area contributed by atoms with Crippen LogP contribution in [0.25, 0.3) is 0 Å². The molecule has 0 saturated heterocycles. The van der Waals surface area contributed by atoms with E-state index in [1.165, 1.54) is 31.4 Å². The molecule has 30 heavy (non-hydrogen) atoms. The molecule has 8 heteroatoms. The molecule has 0 saturated carbocycles. The van der Waals surface area contributed by atoms with Gasteiger partial charge in [0.2, 0.25) is 0 Å². The lowest BCUT2D eigenvalue weighted by Gasteiger charge is -2.13. The summed E-state index contributed by atoms with van der Waals surface area (Å²) in [6.45, 7) is 1.73. The van der Waals surface area contributed by atoms with Crippen molar-refractivity contribution >= 4 is 33.3 Å². The van der Waals surface area contributed by atoms with Gasteiger partial charge in [-0.1, -0.05) is 36.4 Å². The monoisotopic (exact) mass is 424 g/mol. The number of benzene rings is 3. The van der Waals surface area contributed by atoms with E-state index in [1.807, 2.05) is 0 Å². The number of esters is 1. The Balaban J connectivity index is 1.87. The molecular formula is C22H20N2O5S. The summed E-state index contributed by atoms with van der Waals surface area (Å²) in [7, 11) is -2.55. The summed E-state index contributed by atoms with van der Waals surface area (Å²) in [6, 6.07) is 19.1. The fourth-order valence-corrected chi connectivity index (χ4v) is 3.89. The number of amides is 1. The molecule has 0 spiro atoms. The first-order chi connectivity index (χ1) is 14.3. The first kappa shape index (κ1) is 21.1. The van der Waals surface area contributed by atoms with Gasteiger partial charge in [-0.05, 0) is 48.9 Å². The molecule has 0 atom stereocenters. The van der Waals surface area contributed by atoms with E-state index in [0.717, 1.165) is 0 Å². The molecule has 3 aromatic rings. The lowest BCUT2D eigenvalue weighted by atomic mass is 10.1. The van der Waals surface area contributed by atoms with Gasteiger partial charge in [0.05, 0.1) is 28.9 Å². The molecule has 2 N–H and O–H groups in total. The minimum absolute atomic E-state index is 0.117. The molecule has 0 bridgehead atoms. The zero-order valence-electron chi connectivity index (χ0n) is 16.4. The molecular weight excluding hydrogens is 404 g/mol. The molecule has 1 amide bonds. The lowest BCUT2D eigenvalue weighted by molar-refractivity contribution is 0.0602. The third-order valence-corrected chi connectivity index (χ3v) is 5.76. The molecule has 0 aromatic heterocycles. The molecule has 0 aliphatic carbocycles. The Labute approximate surface area is 174 Å². The van der Waals surface area contributed by atoms with Crippen LogP contribution in [0.5, 0.6) is 0 Å². The van der Waals surface area contributed by atoms with Crippen LogP contribution >= 0.6 is 0 Å². The Morgan fingerprint density at radius 3 is 2.23 bits per heavy atom. The quantitative estimate of drug-likeness (QED) is 0.586. The molecule has 7 nitrogen and oxygen atoms in total. The SMILES string of the molecule is COC(=O)c1ccccc1NC(=O)c1ccc(C)c(NS(=O)(=O)c2ccccc2)c1. The van der Waals surface area contributed by atoms with Crippen LogP contribution in [0.3, 0.4) is 0 Å². The zero-order valence-corrected chi connectivity index (χ0v) is 17.2. The van der Waals surface area contributed by atoms with Gasteiger partial charge in [-0.3, -0.25) is 9.52 Å². The summed E-state index contributed by atoms with van der Waals surface area (Å²) in [6.07, 6.45) is 0. The number of carbonyl (C=O) groups is 2. The maximum atomic E-state index is 12.7. The van der Waals surface area contributed by atoms with Crippen LogP contribution in [-0.2, 0) is 14.8 Å². The van der Waals surface area contributed by atoms with E-state index in [9.17, 15) is 18.0 Å². The number of hydrogen-bond donors (Lipinski definition) is 2. The van der Waals surface area contributed by atoms with Gasteiger partial charge < -0.3 is 10.1 Å².